The smallest absolute Gasteiger partial charge is 0.0713 e. The second-order valence-corrected chi connectivity index (χ2v) is 7.65. The van der Waals surface area contributed by atoms with Gasteiger partial charge in [-0.3, -0.25) is 0 Å². The maximum absolute atomic E-state index is 5.22. The molecule has 1 nitrogen and oxygen atoms in total. The quantitative estimate of drug-likeness (QED) is 0.191. The molecule has 0 aliphatic rings. The van der Waals surface area contributed by atoms with Crippen LogP contribution in [0.3, 0.4) is 0 Å². The van der Waals surface area contributed by atoms with Crippen LogP contribution in [0.2, 0.25) is 0 Å². The van der Waals surface area contributed by atoms with Crippen molar-refractivity contribution >= 4 is 12.2 Å². The van der Waals surface area contributed by atoms with Gasteiger partial charge in [0.15, 0.2) is 0 Å². The lowest BCUT2D eigenvalue weighted by atomic mass is 10.0. The topological polar surface area (TPSA) is 9.23 Å². The molecule has 0 spiro atoms. The lowest BCUT2D eigenvalue weighted by Gasteiger charge is -2.05. The third kappa shape index (κ3) is 7.17. The third-order valence-corrected chi connectivity index (χ3v) is 5.22. The highest BCUT2D eigenvalue weighted by atomic mass is 16.5. The fourth-order valence-electron chi connectivity index (χ4n) is 3.48. The molecule has 0 aliphatic heterocycles. The summed E-state index contributed by atoms with van der Waals surface area (Å²) in [7, 11) is 1.73. The fourth-order valence-corrected chi connectivity index (χ4v) is 3.48. The standard InChI is InChI=1S/C29H31O/c1-3-4-5-7-24-10-12-25(13-11-24)14-15-26-16-18-27(19-17-26)20-21-28-8-6-9-29(22-28)23-30-2/h3,6,9-19,22H,1,4-5,7,20-21,23H2,2H3. The van der Waals surface area contributed by atoms with Gasteiger partial charge in [0, 0.05) is 7.11 Å². The molecule has 0 N–H and O–H groups in total. The van der Waals surface area contributed by atoms with Crippen LogP contribution in [0.4, 0.5) is 0 Å². The lowest BCUT2D eigenvalue weighted by molar-refractivity contribution is 0.185. The van der Waals surface area contributed by atoms with Crippen molar-refractivity contribution in [3.8, 4) is 0 Å². The Morgan fingerprint density at radius 1 is 0.800 bits per heavy atom. The van der Waals surface area contributed by atoms with E-state index >= 15 is 0 Å². The van der Waals surface area contributed by atoms with Crippen LogP contribution in [0.5, 0.6) is 0 Å². The molecule has 0 unspecified atom stereocenters. The monoisotopic (exact) mass is 395 g/mol. The highest BCUT2D eigenvalue weighted by Crippen LogP contribution is 2.14. The van der Waals surface area contributed by atoms with Crippen LogP contribution in [0, 0.1) is 6.07 Å². The van der Waals surface area contributed by atoms with E-state index in [-0.39, 0.29) is 0 Å². The van der Waals surface area contributed by atoms with Crippen LogP contribution in [0.1, 0.15) is 46.2 Å². The molecule has 30 heavy (non-hydrogen) atoms. The minimum atomic E-state index is 0.654. The van der Waals surface area contributed by atoms with Gasteiger partial charge in [-0.15, -0.1) is 6.58 Å². The second-order valence-electron chi connectivity index (χ2n) is 7.65. The van der Waals surface area contributed by atoms with Gasteiger partial charge >= 0.3 is 0 Å². The SMILES string of the molecule is C=CCCCc1ccc(C=Cc2ccc(CCc3[c]ccc(COC)c3)cc2)cc1. The number of ether oxygens (including phenoxy) is 1. The van der Waals surface area contributed by atoms with E-state index < -0.39 is 0 Å². The summed E-state index contributed by atoms with van der Waals surface area (Å²) in [6.07, 6.45) is 11.7. The average Bonchev–Trinajstić information content (AvgIpc) is 2.79. The Balaban J connectivity index is 1.51. The molecule has 153 valence electrons. The van der Waals surface area contributed by atoms with Crippen LogP contribution >= 0.6 is 0 Å². The van der Waals surface area contributed by atoms with Crippen molar-refractivity contribution in [3.63, 3.8) is 0 Å². The number of hydrogen-bond acceptors (Lipinski definition) is 1. The van der Waals surface area contributed by atoms with Crippen molar-refractivity contribution in [2.75, 3.05) is 7.11 Å². The van der Waals surface area contributed by atoms with Gasteiger partial charge in [-0.25, -0.2) is 0 Å². The van der Waals surface area contributed by atoms with Gasteiger partial charge in [-0.05, 0) is 71.6 Å². The van der Waals surface area contributed by atoms with Crippen molar-refractivity contribution in [2.45, 2.75) is 38.7 Å². The van der Waals surface area contributed by atoms with Crippen molar-refractivity contribution in [1.29, 1.82) is 0 Å². The summed E-state index contributed by atoms with van der Waals surface area (Å²) < 4.78 is 5.22. The Morgan fingerprint density at radius 3 is 2.03 bits per heavy atom. The molecule has 0 saturated carbocycles. The van der Waals surface area contributed by atoms with E-state index in [1.807, 2.05) is 12.1 Å². The Labute approximate surface area is 181 Å². The van der Waals surface area contributed by atoms with Crippen molar-refractivity contribution in [1.82, 2.24) is 0 Å². The molecule has 0 amide bonds. The first-order valence-corrected chi connectivity index (χ1v) is 10.7. The first kappa shape index (κ1) is 21.8. The van der Waals surface area contributed by atoms with Gasteiger partial charge in [0.25, 0.3) is 0 Å². The molecule has 0 aromatic heterocycles. The van der Waals surface area contributed by atoms with Crippen LogP contribution < -0.4 is 0 Å². The van der Waals surface area contributed by atoms with Crippen LogP contribution in [0.25, 0.3) is 12.2 Å². The largest absolute Gasteiger partial charge is 0.380 e. The summed E-state index contributed by atoms with van der Waals surface area (Å²) in [5.74, 6) is 0. The summed E-state index contributed by atoms with van der Waals surface area (Å²) in [5.41, 5.74) is 7.64. The Bertz CT molecular complexity index is 933. The Hall–Kier alpha value is -2.90. The van der Waals surface area contributed by atoms with Gasteiger partial charge in [0.05, 0.1) is 6.61 Å². The maximum atomic E-state index is 5.22. The normalized spacial score (nSPS) is 11.1. The number of rotatable bonds is 11. The van der Waals surface area contributed by atoms with Gasteiger partial charge in [-0.2, -0.15) is 0 Å². The maximum Gasteiger partial charge on any atom is 0.0713 e. The zero-order valence-corrected chi connectivity index (χ0v) is 17.9. The van der Waals surface area contributed by atoms with E-state index in [0.717, 1.165) is 25.7 Å². The number of aryl methyl sites for hydroxylation is 3. The predicted octanol–water partition coefficient (Wildman–Crippen LogP) is 7.10. The Morgan fingerprint density at radius 2 is 1.43 bits per heavy atom. The first-order valence-electron chi connectivity index (χ1n) is 10.7. The molecular formula is C29H31O. The molecule has 1 heteroatoms. The molecule has 3 rings (SSSR count). The minimum Gasteiger partial charge on any atom is -0.380 e. The van der Waals surface area contributed by atoms with Crippen LogP contribution in [0.15, 0.2) is 79.4 Å². The highest BCUT2D eigenvalue weighted by Gasteiger charge is 1.99. The van der Waals surface area contributed by atoms with Gasteiger partial charge < -0.3 is 4.74 Å². The molecule has 0 aliphatic carbocycles. The molecule has 0 heterocycles. The van der Waals surface area contributed by atoms with Crippen molar-refractivity contribution in [3.05, 3.63) is 119 Å². The number of methoxy groups -OCH3 is 1. The van der Waals surface area contributed by atoms with Gasteiger partial charge in [0.1, 0.15) is 0 Å². The molecule has 3 aromatic carbocycles. The summed E-state index contributed by atoms with van der Waals surface area (Å²) in [4.78, 5) is 0. The summed E-state index contributed by atoms with van der Waals surface area (Å²) in [6.45, 7) is 4.44. The molecular weight excluding hydrogens is 364 g/mol. The molecule has 0 bridgehead atoms. The van der Waals surface area contributed by atoms with E-state index in [1.54, 1.807) is 7.11 Å². The van der Waals surface area contributed by atoms with E-state index in [4.69, 9.17) is 4.74 Å². The van der Waals surface area contributed by atoms with Crippen LogP contribution in [-0.2, 0) is 30.6 Å². The zero-order chi connectivity index (χ0) is 21.0. The van der Waals surface area contributed by atoms with Gasteiger partial charge in [-0.1, -0.05) is 85.0 Å². The van der Waals surface area contributed by atoms with E-state index in [2.05, 4.69) is 85.5 Å². The van der Waals surface area contributed by atoms with E-state index in [0.29, 0.717) is 6.61 Å². The number of hydrogen-bond donors (Lipinski definition) is 0. The zero-order valence-electron chi connectivity index (χ0n) is 17.9. The van der Waals surface area contributed by atoms with E-state index in [9.17, 15) is 0 Å². The number of unbranched alkanes of at least 4 members (excludes halogenated alkanes) is 1. The number of benzene rings is 3. The Kier molecular flexibility index (Phi) is 8.68. The number of allylic oxidation sites excluding steroid dienone is 1. The van der Waals surface area contributed by atoms with Crippen molar-refractivity contribution < 1.29 is 4.74 Å². The van der Waals surface area contributed by atoms with E-state index in [1.165, 1.54) is 39.8 Å². The fraction of sp³-hybridized carbons (Fsp3) is 0.241. The predicted molar refractivity (Wildman–Crippen MR) is 128 cm³/mol. The molecule has 1 radical (unpaired) electrons. The van der Waals surface area contributed by atoms with Crippen LogP contribution in [-0.4, -0.2) is 7.11 Å². The molecule has 3 aromatic rings. The first-order chi connectivity index (χ1) is 14.8. The average molecular weight is 396 g/mol. The third-order valence-electron chi connectivity index (χ3n) is 5.22. The summed E-state index contributed by atoms with van der Waals surface area (Å²) in [6, 6.07) is 27.3. The highest BCUT2D eigenvalue weighted by molar-refractivity contribution is 5.69. The van der Waals surface area contributed by atoms with Gasteiger partial charge in [0.2, 0.25) is 0 Å². The summed E-state index contributed by atoms with van der Waals surface area (Å²) in [5, 5.41) is 0. The molecule has 0 fully saturated rings. The summed E-state index contributed by atoms with van der Waals surface area (Å²) >= 11 is 0. The molecule has 0 saturated heterocycles. The lowest BCUT2D eigenvalue weighted by Crippen LogP contribution is -1.94. The minimum absolute atomic E-state index is 0.654. The van der Waals surface area contributed by atoms with Crippen molar-refractivity contribution in [2.24, 2.45) is 0 Å². The second kappa shape index (κ2) is 11.9. The molecule has 0 atom stereocenters.